The first kappa shape index (κ1) is 11.5. The first-order valence-electron chi connectivity index (χ1n) is 4.27. The van der Waals surface area contributed by atoms with Crippen LogP contribution >= 0.6 is 12.2 Å². The van der Waals surface area contributed by atoms with Gasteiger partial charge in [0.2, 0.25) is 0 Å². The summed E-state index contributed by atoms with van der Waals surface area (Å²) in [4.78, 5) is 0. The zero-order valence-corrected chi connectivity index (χ0v) is 9.69. The normalized spacial score (nSPS) is 23.8. The summed E-state index contributed by atoms with van der Waals surface area (Å²) in [6, 6.07) is -0.258. The predicted molar refractivity (Wildman–Crippen MR) is 58.7 cm³/mol. The summed E-state index contributed by atoms with van der Waals surface area (Å²) in [6.45, 7) is 3.71. The number of hydrogen-bond acceptors (Lipinski definition) is 4. The van der Waals surface area contributed by atoms with Crippen LogP contribution in [0.5, 0.6) is 0 Å². The predicted octanol–water partition coefficient (Wildman–Crippen LogP) is 0.597. The monoisotopic (exact) mass is 235 g/mol. The van der Waals surface area contributed by atoms with Crippen molar-refractivity contribution in [3.8, 4) is 0 Å². The van der Waals surface area contributed by atoms with Crippen molar-refractivity contribution in [2.75, 3.05) is 5.75 Å². The quantitative estimate of drug-likeness (QED) is 0.710. The molecule has 0 bridgehead atoms. The summed E-state index contributed by atoms with van der Waals surface area (Å²) in [5.41, 5.74) is 0. The van der Waals surface area contributed by atoms with Gasteiger partial charge in [-0.15, -0.1) is 0 Å². The lowest BCUT2D eigenvalue weighted by Crippen LogP contribution is -2.36. The molecule has 1 aliphatic rings. The molecule has 80 valence electrons. The van der Waals surface area contributed by atoms with E-state index in [0.29, 0.717) is 0 Å². The number of ether oxygens (including phenoxy) is 1. The minimum Gasteiger partial charge on any atom is -0.468 e. The van der Waals surface area contributed by atoms with E-state index in [9.17, 15) is 8.42 Å². The van der Waals surface area contributed by atoms with Crippen molar-refractivity contribution in [1.29, 1.82) is 0 Å². The second kappa shape index (κ2) is 4.27. The van der Waals surface area contributed by atoms with Crippen LogP contribution in [-0.2, 0) is 14.6 Å². The Balaban J connectivity index is 2.41. The molecule has 0 aromatic carbocycles. The van der Waals surface area contributed by atoms with Gasteiger partial charge in [0.05, 0.1) is 17.9 Å². The molecule has 0 aromatic heterocycles. The Hall–Kier alpha value is -0.620. The molecule has 1 N–H and O–H groups in total. The van der Waals surface area contributed by atoms with Gasteiger partial charge in [0.15, 0.2) is 9.84 Å². The van der Waals surface area contributed by atoms with E-state index in [1.165, 1.54) is 5.41 Å². The summed E-state index contributed by atoms with van der Waals surface area (Å²) in [7, 11) is -3.03. The van der Waals surface area contributed by atoms with Crippen LogP contribution in [-0.4, -0.2) is 31.5 Å². The summed E-state index contributed by atoms with van der Waals surface area (Å²) in [5.74, 6) is 0.0502. The molecule has 4 nitrogen and oxygen atoms in total. The molecule has 1 rings (SSSR count). The Morgan fingerprint density at radius 3 is 2.71 bits per heavy atom. The highest BCUT2D eigenvalue weighted by Crippen LogP contribution is 2.08. The summed E-state index contributed by atoms with van der Waals surface area (Å²) in [6.07, 6.45) is 1.57. The molecule has 0 aliphatic carbocycles. The van der Waals surface area contributed by atoms with Crippen LogP contribution in [0.15, 0.2) is 11.5 Å². The van der Waals surface area contributed by atoms with Crippen LogP contribution in [0.25, 0.3) is 0 Å². The molecule has 0 saturated heterocycles. The van der Waals surface area contributed by atoms with Gasteiger partial charge in [-0.05, 0) is 32.1 Å². The van der Waals surface area contributed by atoms with E-state index in [1.54, 1.807) is 6.08 Å². The highest BCUT2D eigenvalue weighted by Gasteiger charge is 2.22. The third-order valence-electron chi connectivity index (χ3n) is 1.58. The first-order valence-corrected chi connectivity index (χ1v) is 6.39. The van der Waals surface area contributed by atoms with Crippen LogP contribution in [0, 0.1) is 0 Å². The Labute approximate surface area is 89.2 Å². The molecule has 0 radical (unpaired) electrons. The molecule has 1 heterocycles. The van der Waals surface area contributed by atoms with E-state index in [-0.39, 0.29) is 23.1 Å². The fraction of sp³-hybridized carbons (Fsp3) is 0.625. The standard InChI is InChI=1S/C8H13NO3S2/c1-6(2)12-8(13)9-7-3-4-14(10,11)5-7/h3-4,6-7H,5H2,1-2H3,(H,9,13)/t7-/m0/s1. The summed E-state index contributed by atoms with van der Waals surface area (Å²) in [5, 5.41) is 4.25. The molecule has 0 unspecified atom stereocenters. The Bertz CT molecular complexity index is 346. The molecule has 6 heteroatoms. The topological polar surface area (TPSA) is 55.4 Å². The number of sulfone groups is 1. The molecular formula is C8H13NO3S2. The maximum absolute atomic E-state index is 11.0. The lowest BCUT2D eigenvalue weighted by Gasteiger charge is -2.15. The minimum atomic E-state index is -3.03. The highest BCUT2D eigenvalue weighted by molar-refractivity contribution is 7.94. The van der Waals surface area contributed by atoms with Gasteiger partial charge < -0.3 is 10.1 Å². The molecule has 14 heavy (non-hydrogen) atoms. The Morgan fingerprint density at radius 1 is 1.64 bits per heavy atom. The third kappa shape index (κ3) is 3.63. The lowest BCUT2D eigenvalue weighted by atomic mass is 10.3. The molecule has 0 spiro atoms. The van der Waals surface area contributed by atoms with Gasteiger partial charge in [0.25, 0.3) is 5.17 Å². The van der Waals surface area contributed by atoms with Crippen LogP contribution in [0.1, 0.15) is 13.8 Å². The van der Waals surface area contributed by atoms with Crippen LogP contribution in [0.4, 0.5) is 0 Å². The first-order chi connectivity index (χ1) is 6.39. The van der Waals surface area contributed by atoms with Gasteiger partial charge in [0.1, 0.15) is 0 Å². The van der Waals surface area contributed by atoms with E-state index < -0.39 is 9.84 Å². The van der Waals surface area contributed by atoms with Gasteiger partial charge >= 0.3 is 0 Å². The van der Waals surface area contributed by atoms with E-state index in [2.05, 4.69) is 5.32 Å². The molecule has 1 atom stereocenters. The number of thiocarbonyl (C=S) groups is 1. The fourth-order valence-electron chi connectivity index (χ4n) is 1.07. The van der Waals surface area contributed by atoms with Crippen molar-refractivity contribution >= 4 is 27.2 Å². The summed E-state index contributed by atoms with van der Waals surface area (Å²) >= 11 is 4.88. The zero-order valence-electron chi connectivity index (χ0n) is 8.06. The van der Waals surface area contributed by atoms with Crippen molar-refractivity contribution in [1.82, 2.24) is 5.32 Å². The maximum atomic E-state index is 11.0. The van der Waals surface area contributed by atoms with Gasteiger partial charge in [-0.1, -0.05) is 0 Å². The van der Waals surface area contributed by atoms with Crippen LogP contribution < -0.4 is 5.32 Å². The SMILES string of the molecule is CC(C)OC(=S)N[C@H]1C=CS(=O)(=O)C1. The zero-order chi connectivity index (χ0) is 10.8. The van der Waals surface area contributed by atoms with Gasteiger partial charge in [-0.25, -0.2) is 8.42 Å². The van der Waals surface area contributed by atoms with Crippen LogP contribution in [0.3, 0.4) is 0 Å². The number of rotatable bonds is 2. The van der Waals surface area contributed by atoms with Gasteiger partial charge in [0, 0.05) is 5.41 Å². The second-order valence-electron chi connectivity index (χ2n) is 3.36. The van der Waals surface area contributed by atoms with Gasteiger partial charge in [-0.3, -0.25) is 0 Å². The average molecular weight is 235 g/mol. The van der Waals surface area contributed by atoms with E-state index in [0.717, 1.165) is 0 Å². The average Bonchev–Trinajstić information content (AvgIpc) is 2.27. The van der Waals surface area contributed by atoms with Crippen LogP contribution in [0.2, 0.25) is 0 Å². The Kier molecular flexibility index (Phi) is 3.49. The molecule has 1 aliphatic heterocycles. The molecular weight excluding hydrogens is 222 g/mol. The maximum Gasteiger partial charge on any atom is 0.257 e. The number of nitrogens with one attached hydrogen (secondary N) is 1. The van der Waals surface area contributed by atoms with Crippen molar-refractivity contribution in [3.05, 3.63) is 11.5 Å². The minimum absolute atomic E-state index is 0.00279. The van der Waals surface area contributed by atoms with E-state index in [1.807, 2.05) is 13.8 Å². The summed E-state index contributed by atoms with van der Waals surface area (Å²) < 4.78 is 27.2. The van der Waals surface area contributed by atoms with Crippen molar-refractivity contribution in [3.63, 3.8) is 0 Å². The van der Waals surface area contributed by atoms with Crippen molar-refractivity contribution in [2.24, 2.45) is 0 Å². The molecule has 0 aromatic rings. The lowest BCUT2D eigenvalue weighted by molar-refractivity contribution is 0.223. The number of hydrogen-bond donors (Lipinski definition) is 1. The fourth-order valence-corrected chi connectivity index (χ4v) is 2.64. The highest BCUT2D eigenvalue weighted by atomic mass is 32.2. The molecule has 0 fully saturated rings. The smallest absolute Gasteiger partial charge is 0.257 e. The molecule has 0 amide bonds. The molecule has 0 saturated carbocycles. The van der Waals surface area contributed by atoms with Gasteiger partial charge in [-0.2, -0.15) is 0 Å². The van der Waals surface area contributed by atoms with E-state index >= 15 is 0 Å². The Morgan fingerprint density at radius 2 is 2.29 bits per heavy atom. The second-order valence-corrected chi connectivity index (χ2v) is 5.66. The largest absolute Gasteiger partial charge is 0.468 e. The van der Waals surface area contributed by atoms with E-state index in [4.69, 9.17) is 17.0 Å². The third-order valence-corrected chi connectivity index (χ3v) is 3.19. The van der Waals surface area contributed by atoms with Crippen molar-refractivity contribution in [2.45, 2.75) is 26.0 Å². The van der Waals surface area contributed by atoms with Crippen molar-refractivity contribution < 1.29 is 13.2 Å².